The van der Waals surface area contributed by atoms with Crippen LogP contribution in [0.4, 0.5) is 10.1 Å². The number of hydrogen-bond donors (Lipinski definition) is 0. The summed E-state index contributed by atoms with van der Waals surface area (Å²) in [4.78, 5) is 13.9. The Balaban J connectivity index is 2.35. The third-order valence-electron chi connectivity index (χ3n) is 2.93. The Kier molecular flexibility index (Phi) is 4.39. The molecule has 0 spiro atoms. The number of carbonyl (C=O) groups excluding carboxylic acids is 1. The van der Waals surface area contributed by atoms with E-state index >= 15 is 0 Å². The van der Waals surface area contributed by atoms with Gasteiger partial charge in [-0.05, 0) is 40.2 Å². The molecule has 0 fully saturated rings. The number of carbonyl (C=O) groups is 1. The quantitative estimate of drug-likeness (QED) is 0.850. The van der Waals surface area contributed by atoms with Crippen LogP contribution >= 0.6 is 15.9 Å². The summed E-state index contributed by atoms with van der Waals surface area (Å²) in [5, 5.41) is 0. The van der Waals surface area contributed by atoms with E-state index in [0.29, 0.717) is 11.4 Å². The average Bonchev–Trinajstić information content (AvgIpc) is 2.48. The number of hydrogen-bond acceptors (Lipinski definition) is 2. The molecule has 0 saturated heterocycles. The van der Waals surface area contributed by atoms with Crippen LogP contribution in [0.2, 0.25) is 0 Å². The van der Waals surface area contributed by atoms with Crippen LogP contribution in [-0.2, 0) is 0 Å². The minimum Gasteiger partial charge on any atom is -0.497 e. The summed E-state index contributed by atoms with van der Waals surface area (Å²) in [6.07, 6.45) is 0. The van der Waals surface area contributed by atoms with E-state index in [2.05, 4.69) is 15.9 Å². The fourth-order valence-corrected chi connectivity index (χ4v) is 2.22. The van der Waals surface area contributed by atoms with Gasteiger partial charge in [-0.1, -0.05) is 12.1 Å². The summed E-state index contributed by atoms with van der Waals surface area (Å²) in [5.74, 6) is -0.111. The topological polar surface area (TPSA) is 29.5 Å². The first kappa shape index (κ1) is 14.5. The molecule has 3 nitrogen and oxygen atoms in total. The maximum absolute atomic E-state index is 13.5. The molecule has 2 aromatic carbocycles. The monoisotopic (exact) mass is 337 g/mol. The Morgan fingerprint density at radius 3 is 2.65 bits per heavy atom. The van der Waals surface area contributed by atoms with Gasteiger partial charge >= 0.3 is 0 Å². The van der Waals surface area contributed by atoms with Crippen LogP contribution in [0.3, 0.4) is 0 Å². The molecule has 5 heteroatoms. The smallest absolute Gasteiger partial charge is 0.259 e. The van der Waals surface area contributed by atoms with Gasteiger partial charge in [-0.3, -0.25) is 4.79 Å². The van der Waals surface area contributed by atoms with Crippen LogP contribution in [0.1, 0.15) is 10.4 Å². The summed E-state index contributed by atoms with van der Waals surface area (Å²) in [6, 6.07) is 11.5. The molecular formula is C15H13BrFNO2. The van der Waals surface area contributed by atoms with E-state index in [-0.39, 0.29) is 15.9 Å². The Hall–Kier alpha value is -1.88. The Morgan fingerprint density at radius 2 is 1.95 bits per heavy atom. The number of rotatable bonds is 3. The van der Waals surface area contributed by atoms with E-state index in [1.807, 2.05) is 0 Å². The van der Waals surface area contributed by atoms with E-state index in [1.165, 1.54) is 17.0 Å². The summed E-state index contributed by atoms with van der Waals surface area (Å²) >= 11 is 3.10. The molecular weight excluding hydrogens is 325 g/mol. The highest BCUT2D eigenvalue weighted by molar-refractivity contribution is 9.10. The van der Waals surface area contributed by atoms with Crippen LogP contribution < -0.4 is 9.64 Å². The molecule has 0 N–H and O–H groups in total. The first-order valence-corrected chi connectivity index (χ1v) is 6.70. The first-order chi connectivity index (χ1) is 9.54. The van der Waals surface area contributed by atoms with Gasteiger partial charge in [0.15, 0.2) is 0 Å². The summed E-state index contributed by atoms with van der Waals surface area (Å²) < 4.78 is 18.8. The molecule has 0 atom stereocenters. The summed E-state index contributed by atoms with van der Waals surface area (Å²) in [7, 11) is 3.19. The summed E-state index contributed by atoms with van der Waals surface area (Å²) in [6.45, 7) is 0. The molecule has 0 unspecified atom stereocenters. The molecule has 1 amide bonds. The van der Waals surface area contributed by atoms with Crippen molar-refractivity contribution in [1.29, 1.82) is 0 Å². The third-order valence-corrected chi connectivity index (χ3v) is 3.73. The van der Waals surface area contributed by atoms with E-state index in [1.54, 1.807) is 44.5 Å². The highest BCUT2D eigenvalue weighted by atomic mass is 79.9. The van der Waals surface area contributed by atoms with Crippen molar-refractivity contribution >= 4 is 27.5 Å². The minimum atomic E-state index is -0.463. The number of anilines is 1. The zero-order chi connectivity index (χ0) is 14.7. The standard InChI is InChI=1S/C15H13BrFNO2/c1-18(10-5-3-6-11(9-10)20-2)15(19)12-7-4-8-13(17)14(12)16/h3-9H,1-2H3. The highest BCUT2D eigenvalue weighted by Crippen LogP contribution is 2.25. The van der Waals surface area contributed by atoms with Gasteiger partial charge in [0.2, 0.25) is 0 Å². The van der Waals surface area contributed by atoms with Crippen molar-refractivity contribution in [2.24, 2.45) is 0 Å². The highest BCUT2D eigenvalue weighted by Gasteiger charge is 2.18. The van der Waals surface area contributed by atoms with Crippen molar-refractivity contribution in [2.75, 3.05) is 19.1 Å². The zero-order valence-electron chi connectivity index (χ0n) is 11.1. The normalized spacial score (nSPS) is 10.2. The van der Waals surface area contributed by atoms with E-state index in [0.717, 1.165) is 0 Å². The van der Waals surface area contributed by atoms with Crippen LogP contribution in [0, 0.1) is 5.82 Å². The van der Waals surface area contributed by atoms with Crippen LogP contribution in [0.15, 0.2) is 46.9 Å². The lowest BCUT2D eigenvalue weighted by Crippen LogP contribution is -2.26. The van der Waals surface area contributed by atoms with Gasteiger partial charge < -0.3 is 9.64 Å². The maximum atomic E-state index is 13.5. The van der Waals surface area contributed by atoms with Crippen molar-refractivity contribution in [3.63, 3.8) is 0 Å². The lowest BCUT2D eigenvalue weighted by Gasteiger charge is -2.18. The maximum Gasteiger partial charge on any atom is 0.259 e. The predicted octanol–water partition coefficient (Wildman–Crippen LogP) is 3.87. The van der Waals surface area contributed by atoms with E-state index < -0.39 is 5.82 Å². The second kappa shape index (κ2) is 6.05. The number of methoxy groups -OCH3 is 1. The van der Waals surface area contributed by atoms with Crippen molar-refractivity contribution in [3.05, 3.63) is 58.3 Å². The summed E-state index contributed by atoms with van der Waals surface area (Å²) in [5.41, 5.74) is 0.945. The Labute approximate surface area is 125 Å². The van der Waals surface area contributed by atoms with Gasteiger partial charge in [0.05, 0.1) is 17.1 Å². The van der Waals surface area contributed by atoms with Gasteiger partial charge in [0, 0.05) is 18.8 Å². The molecule has 0 aliphatic carbocycles. The molecule has 0 aromatic heterocycles. The molecule has 0 bridgehead atoms. The van der Waals surface area contributed by atoms with E-state index in [4.69, 9.17) is 4.74 Å². The molecule has 20 heavy (non-hydrogen) atoms. The van der Waals surface area contributed by atoms with Gasteiger partial charge in [-0.15, -0.1) is 0 Å². The van der Waals surface area contributed by atoms with Gasteiger partial charge in [-0.2, -0.15) is 0 Å². The predicted molar refractivity (Wildman–Crippen MR) is 79.8 cm³/mol. The van der Waals surface area contributed by atoms with Crippen LogP contribution in [-0.4, -0.2) is 20.1 Å². The van der Waals surface area contributed by atoms with Crippen molar-refractivity contribution in [3.8, 4) is 5.75 Å². The van der Waals surface area contributed by atoms with Crippen LogP contribution in [0.25, 0.3) is 0 Å². The molecule has 0 radical (unpaired) electrons. The number of halogens is 2. The minimum absolute atomic E-state index is 0.166. The zero-order valence-corrected chi connectivity index (χ0v) is 12.6. The largest absolute Gasteiger partial charge is 0.497 e. The average molecular weight is 338 g/mol. The van der Waals surface area contributed by atoms with Crippen molar-refractivity contribution < 1.29 is 13.9 Å². The molecule has 2 rings (SSSR count). The van der Waals surface area contributed by atoms with Gasteiger partial charge in [0.25, 0.3) is 5.91 Å². The molecule has 0 aliphatic heterocycles. The molecule has 0 aliphatic rings. The lowest BCUT2D eigenvalue weighted by atomic mass is 10.2. The lowest BCUT2D eigenvalue weighted by molar-refractivity contribution is 0.0991. The first-order valence-electron chi connectivity index (χ1n) is 5.90. The fraction of sp³-hybridized carbons (Fsp3) is 0.133. The second-order valence-corrected chi connectivity index (χ2v) is 4.96. The number of benzene rings is 2. The Bertz CT molecular complexity index is 646. The van der Waals surface area contributed by atoms with Crippen LogP contribution in [0.5, 0.6) is 5.75 Å². The molecule has 0 saturated carbocycles. The SMILES string of the molecule is COc1cccc(N(C)C(=O)c2cccc(F)c2Br)c1. The van der Waals surface area contributed by atoms with Crippen molar-refractivity contribution in [1.82, 2.24) is 0 Å². The molecule has 2 aromatic rings. The molecule has 0 heterocycles. The Morgan fingerprint density at radius 1 is 1.25 bits per heavy atom. The number of nitrogens with zero attached hydrogens (tertiary/aromatic N) is 1. The number of ether oxygens (including phenoxy) is 1. The van der Waals surface area contributed by atoms with Gasteiger partial charge in [-0.25, -0.2) is 4.39 Å². The number of amides is 1. The van der Waals surface area contributed by atoms with Gasteiger partial charge in [0.1, 0.15) is 11.6 Å². The second-order valence-electron chi connectivity index (χ2n) is 4.17. The molecule has 104 valence electrons. The third kappa shape index (κ3) is 2.82. The fourth-order valence-electron chi connectivity index (χ4n) is 1.79. The van der Waals surface area contributed by atoms with E-state index in [9.17, 15) is 9.18 Å². The van der Waals surface area contributed by atoms with Crippen molar-refractivity contribution in [2.45, 2.75) is 0 Å².